The maximum absolute atomic E-state index is 13.7. The second kappa shape index (κ2) is 8.54. The van der Waals surface area contributed by atoms with Crippen molar-refractivity contribution in [1.82, 2.24) is 9.78 Å². The van der Waals surface area contributed by atoms with Crippen LogP contribution in [0.25, 0.3) is 22.0 Å². The molecule has 3 aromatic carbocycles. The molecule has 0 aliphatic rings. The van der Waals surface area contributed by atoms with E-state index in [2.05, 4.69) is 5.10 Å². The van der Waals surface area contributed by atoms with Crippen LogP contribution in [0.1, 0.15) is 5.56 Å². The Kier molecular flexibility index (Phi) is 5.63. The van der Waals surface area contributed by atoms with E-state index in [1.165, 1.54) is 7.11 Å². The first-order valence-corrected chi connectivity index (χ1v) is 9.56. The molecule has 0 spiro atoms. The third-order valence-corrected chi connectivity index (χ3v) is 4.97. The molecule has 0 fully saturated rings. The average molecular weight is 440 g/mol. The number of halogens is 2. The quantitative estimate of drug-likeness (QED) is 0.454. The average Bonchev–Trinajstić information content (AvgIpc) is 3.09. The lowest BCUT2D eigenvalue weighted by Gasteiger charge is -2.11. The Balaban J connectivity index is 1.56. The van der Waals surface area contributed by atoms with Gasteiger partial charge in [0.1, 0.15) is 24.7 Å². The number of carboxylic acid groups (broad SMARTS) is 1. The minimum atomic E-state index is -1.13. The maximum Gasteiger partial charge on any atom is 0.325 e. The number of carboxylic acids is 1. The van der Waals surface area contributed by atoms with E-state index in [0.717, 1.165) is 16.8 Å². The van der Waals surface area contributed by atoms with Gasteiger partial charge in [0.25, 0.3) is 5.56 Å². The molecule has 7 nitrogen and oxygen atoms in total. The highest BCUT2D eigenvalue weighted by Crippen LogP contribution is 2.33. The first-order chi connectivity index (χ1) is 15.4. The van der Waals surface area contributed by atoms with Crippen LogP contribution in [0.15, 0.2) is 59.4 Å². The van der Waals surface area contributed by atoms with Crippen LogP contribution < -0.4 is 15.0 Å². The number of ether oxygens (including phenoxy) is 2. The van der Waals surface area contributed by atoms with Gasteiger partial charge in [0, 0.05) is 17.2 Å². The highest BCUT2D eigenvalue weighted by atomic mass is 19.2. The zero-order valence-corrected chi connectivity index (χ0v) is 16.9. The van der Waals surface area contributed by atoms with Crippen molar-refractivity contribution in [2.24, 2.45) is 0 Å². The molecule has 32 heavy (non-hydrogen) atoms. The fraction of sp³-hybridized carbons (Fsp3) is 0.130. The molecule has 0 amide bonds. The molecule has 0 aliphatic heterocycles. The maximum atomic E-state index is 13.7. The summed E-state index contributed by atoms with van der Waals surface area (Å²) in [5.74, 6) is -2.37. The number of benzene rings is 3. The van der Waals surface area contributed by atoms with Gasteiger partial charge in [0.2, 0.25) is 0 Å². The van der Waals surface area contributed by atoms with E-state index >= 15 is 0 Å². The van der Waals surface area contributed by atoms with Gasteiger partial charge >= 0.3 is 5.97 Å². The number of hydrogen-bond acceptors (Lipinski definition) is 4. The number of para-hydroxylation sites is 1. The monoisotopic (exact) mass is 440 g/mol. The van der Waals surface area contributed by atoms with E-state index in [-0.39, 0.29) is 12.4 Å². The van der Waals surface area contributed by atoms with E-state index < -0.39 is 29.7 Å². The zero-order valence-electron chi connectivity index (χ0n) is 16.9. The Morgan fingerprint density at radius 2 is 1.81 bits per heavy atom. The Labute approximate surface area is 180 Å². The lowest BCUT2D eigenvalue weighted by molar-refractivity contribution is -0.137. The number of nitrogens with one attached hydrogen (secondary N) is 1. The van der Waals surface area contributed by atoms with Crippen molar-refractivity contribution in [2.45, 2.75) is 13.2 Å². The zero-order chi connectivity index (χ0) is 22.8. The lowest BCUT2D eigenvalue weighted by atomic mass is 10.0. The van der Waals surface area contributed by atoms with Crippen molar-refractivity contribution >= 4 is 16.9 Å². The van der Waals surface area contributed by atoms with Crippen LogP contribution in [0, 0.1) is 11.6 Å². The Morgan fingerprint density at radius 3 is 2.50 bits per heavy atom. The number of rotatable bonds is 7. The van der Waals surface area contributed by atoms with Gasteiger partial charge in [0.05, 0.1) is 18.0 Å². The highest BCUT2D eigenvalue weighted by molar-refractivity contribution is 5.81. The number of hydrogen-bond donors (Lipinski definition) is 2. The largest absolute Gasteiger partial charge is 0.496 e. The van der Waals surface area contributed by atoms with E-state index in [1.54, 1.807) is 42.5 Å². The number of nitrogens with zero attached hydrogens (tertiary/aromatic N) is 1. The second-order valence-electron chi connectivity index (χ2n) is 7.02. The van der Waals surface area contributed by atoms with Crippen LogP contribution in [0.2, 0.25) is 0 Å². The minimum absolute atomic E-state index is 0.123. The lowest BCUT2D eigenvalue weighted by Crippen LogP contribution is -2.21. The molecule has 164 valence electrons. The van der Waals surface area contributed by atoms with Crippen LogP contribution >= 0.6 is 0 Å². The van der Waals surface area contributed by atoms with E-state index in [9.17, 15) is 18.4 Å². The molecule has 1 aromatic heterocycles. The van der Waals surface area contributed by atoms with Crippen LogP contribution in [0.4, 0.5) is 8.78 Å². The number of carbonyl (C=O) groups is 1. The van der Waals surface area contributed by atoms with E-state index in [0.29, 0.717) is 33.3 Å². The number of aromatic nitrogens is 2. The molecule has 1 heterocycles. The number of fused-ring (bicyclic) bond motifs is 1. The van der Waals surface area contributed by atoms with Gasteiger partial charge in [-0.1, -0.05) is 24.3 Å². The fourth-order valence-electron chi connectivity index (χ4n) is 3.42. The first-order valence-electron chi connectivity index (χ1n) is 9.56. The second-order valence-corrected chi connectivity index (χ2v) is 7.02. The van der Waals surface area contributed by atoms with Gasteiger partial charge in [-0.25, -0.2) is 13.5 Å². The van der Waals surface area contributed by atoms with Gasteiger partial charge in [-0.15, -0.1) is 0 Å². The molecule has 0 bridgehead atoms. The molecule has 0 unspecified atom stereocenters. The fourth-order valence-corrected chi connectivity index (χ4v) is 3.42. The molecule has 0 saturated heterocycles. The molecule has 9 heteroatoms. The molecule has 0 aliphatic carbocycles. The summed E-state index contributed by atoms with van der Waals surface area (Å²) in [6.07, 6.45) is 0. The predicted molar refractivity (Wildman–Crippen MR) is 113 cm³/mol. The first kappa shape index (κ1) is 21.1. The van der Waals surface area contributed by atoms with E-state index in [1.807, 2.05) is 0 Å². The molecular weight excluding hydrogens is 422 g/mol. The van der Waals surface area contributed by atoms with Crippen molar-refractivity contribution in [3.05, 3.63) is 82.1 Å². The van der Waals surface area contributed by atoms with Crippen molar-refractivity contribution in [3.63, 3.8) is 0 Å². The van der Waals surface area contributed by atoms with Crippen LogP contribution in [0.3, 0.4) is 0 Å². The van der Waals surface area contributed by atoms with Gasteiger partial charge in [-0.3, -0.25) is 14.7 Å². The molecule has 2 N–H and O–H groups in total. The molecule has 4 aromatic rings. The van der Waals surface area contributed by atoms with Crippen LogP contribution in [0.5, 0.6) is 11.5 Å². The molecule has 0 atom stereocenters. The molecule has 0 radical (unpaired) electrons. The number of H-pyrrole nitrogens is 1. The standard InChI is InChI=1S/C23H18F2N2O5/c1-31-20-10-19(25)18(24)9-17(20)13-5-7-15(8-6-13)32-12-14-3-2-4-16-22(14)26-27(23(16)30)11-21(28)29/h2-10,26H,11-12H2,1H3,(H,28,29). The van der Waals surface area contributed by atoms with Gasteiger partial charge in [-0.05, 0) is 29.8 Å². The normalized spacial score (nSPS) is 11.0. The van der Waals surface area contributed by atoms with Crippen molar-refractivity contribution in [1.29, 1.82) is 0 Å². The van der Waals surface area contributed by atoms with Crippen molar-refractivity contribution in [3.8, 4) is 22.6 Å². The van der Waals surface area contributed by atoms with Gasteiger partial charge in [0.15, 0.2) is 11.6 Å². The minimum Gasteiger partial charge on any atom is -0.496 e. The summed E-state index contributed by atoms with van der Waals surface area (Å²) in [4.78, 5) is 23.3. The third-order valence-electron chi connectivity index (χ3n) is 4.97. The van der Waals surface area contributed by atoms with Gasteiger partial charge < -0.3 is 14.6 Å². The Hall–Kier alpha value is -4.14. The van der Waals surface area contributed by atoms with E-state index in [4.69, 9.17) is 14.6 Å². The summed E-state index contributed by atoms with van der Waals surface area (Å²) >= 11 is 0. The predicted octanol–water partition coefficient (Wildman–Crippen LogP) is 3.95. The highest BCUT2D eigenvalue weighted by Gasteiger charge is 2.14. The van der Waals surface area contributed by atoms with Gasteiger partial charge in [-0.2, -0.15) is 0 Å². The van der Waals surface area contributed by atoms with Crippen molar-refractivity contribution < 1.29 is 28.2 Å². The third kappa shape index (κ3) is 4.04. The van der Waals surface area contributed by atoms with Crippen LogP contribution in [-0.2, 0) is 17.9 Å². The molecule has 0 saturated carbocycles. The molecular formula is C23H18F2N2O5. The summed E-state index contributed by atoms with van der Waals surface area (Å²) in [6.45, 7) is -0.346. The smallest absolute Gasteiger partial charge is 0.325 e. The number of methoxy groups -OCH3 is 1. The summed E-state index contributed by atoms with van der Waals surface area (Å²) < 4.78 is 39.1. The molecule has 4 rings (SSSR count). The SMILES string of the molecule is COc1cc(F)c(F)cc1-c1ccc(OCc2cccc3c(=O)n(CC(=O)O)[nH]c23)cc1. The summed E-state index contributed by atoms with van der Waals surface area (Å²) in [5.41, 5.74) is 1.77. The summed E-state index contributed by atoms with van der Waals surface area (Å²) in [5, 5.41) is 12.1. The number of aromatic amines is 1. The summed E-state index contributed by atoms with van der Waals surface area (Å²) in [6, 6.07) is 13.9. The van der Waals surface area contributed by atoms with Crippen LogP contribution in [-0.4, -0.2) is 28.0 Å². The Bertz CT molecular complexity index is 1360. The Morgan fingerprint density at radius 1 is 1.09 bits per heavy atom. The topological polar surface area (TPSA) is 93.6 Å². The number of aliphatic carboxylic acids is 1. The van der Waals surface area contributed by atoms with Crippen molar-refractivity contribution in [2.75, 3.05) is 7.11 Å². The summed E-state index contributed by atoms with van der Waals surface area (Å²) in [7, 11) is 1.38.